The Kier molecular flexibility index (Phi) is 3.01. The van der Waals surface area contributed by atoms with Gasteiger partial charge in [0.1, 0.15) is 11.6 Å². The number of hydrogen-bond acceptors (Lipinski definition) is 3. The zero-order valence-electron chi connectivity index (χ0n) is 13.0. The second-order valence-corrected chi connectivity index (χ2v) is 5.85. The lowest BCUT2D eigenvalue weighted by Crippen LogP contribution is -2.37. The van der Waals surface area contributed by atoms with Crippen molar-refractivity contribution in [2.24, 2.45) is 7.05 Å². The Bertz CT molecular complexity index is 925. The first-order chi connectivity index (χ1) is 11.1. The summed E-state index contributed by atoms with van der Waals surface area (Å²) in [7, 11) is 1.81. The molecule has 1 aliphatic rings. The number of benzene rings is 1. The maximum atomic E-state index is 14.1. The van der Waals surface area contributed by atoms with Crippen molar-refractivity contribution in [3.63, 3.8) is 0 Å². The summed E-state index contributed by atoms with van der Waals surface area (Å²) < 4.78 is 21.3. The van der Waals surface area contributed by atoms with Crippen molar-refractivity contribution in [2.45, 2.75) is 19.9 Å². The lowest BCUT2D eigenvalue weighted by molar-refractivity contribution is 0.0715. The van der Waals surface area contributed by atoms with Crippen molar-refractivity contribution >= 4 is 16.8 Å². The molecule has 118 valence electrons. The zero-order chi connectivity index (χ0) is 16.1. The minimum atomic E-state index is -0.301. The number of aromatic nitrogens is 2. The Morgan fingerprint density at radius 3 is 2.96 bits per heavy atom. The first-order valence-corrected chi connectivity index (χ1v) is 7.52. The van der Waals surface area contributed by atoms with Crippen LogP contribution in [-0.4, -0.2) is 26.9 Å². The number of hydrogen-bond donors (Lipinski definition) is 0. The SMILES string of the molecule is Cc1ncoc1CN1CCc2c(c3cccc(F)c3n2C)C1=O. The van der Waals surface area contributed by atoms with E-state index in [1.54, 1.807) is 21.6 Å². The topological polar surface area (TPSA) is 51.3 Å². The lowest BCUT2D eigenvalue weighted by atomic mass is 10.0. The normalized spacial score (nSPS) is 14.6. The Morgan fingerprint density at radius 2 is 2.22 bits per heavy atom. The van der Waals surface area contributed by atoms with E-state index in [2.05, 4.69) is 4.98 Å². The first kappa shape index (κ1) is 14.0. The van der Waals surface area contributed by atoms with Gasteiger partial charge in [-0.1, -0.05) is 12.1 Å². The Morgan fingerprint density at radius 1 is 1.39 bits per heavy atom. The highest BCUT2D eigenvalue weighted by molar-refractivity contribution is 6.09. The molecule has 0 fully saturated rings. The van der Waals surface area contributed by atoms with Crippen LogP contribution in [0.25, 0.3) is 10.9 Å². The number of carbonyl (C=O) groups is 1. The van der Waals surface area contributed by atoms with Crippen LogP contribution in [0, 0.1) is 12.7 Å². The number of amides is 1. The number of nitrogens with zero attached hydrogens (tertiary/aromatic N) is 3. The van der Waals surface area contributed by atoms with Gasteiger partial charge in [-0.3, -0.25) is 4.79 Å². The van der Waals surface area contributed by atoms with E-state index in [-0.39, 0.29) is 11.7 Å². The van der Waals surface area contributed by atoms with Crippen LogP contribution < -0.4 is 0 Å². The number of fused-ring (bicyclic) bond motifs is 3. The van der Waals surface area contributed by atoms with Crippen molar-refractivity contribution in [1.29, 1.82) is 0 Å². The molecule has 3 aromatic rings. The quantitative estimate of drug-likeness (QED) is 0.731. The highest BCUT2D eigenvalue weighted by atomic mass is 19.1. The highest BCUT2D eigenvalue weighted by Crippen LogP contribution is 2.32. The van der Waals surface area contributed by atoms with Crippen molar-refractivity contribution in [1.82, 2.24) is 14.5 Å². The van der Waals surface area contributed by atoms with Crippen molar-refractivity contribution in [2.75, 3.05) is 6.54 Å². The van der Waals surface area contributed by atoms with Crippen LogP contribution >= 0.6 is 0 Å². The number of halogens is 1. The highest BCUT2D eigenvalue weighted by Gasteiger charge is 2.31. The summed E-state index contributed by atoms with van der Waals surface area (Å²) in [6.07, 6.45) is 2.08. The van der Waals surface area contributed by atoms with E-state index in [4.69, 9.17) is 4.42 Å². The summed E-state index contributed by atoms with van der Waals surface area (Å²) in [6.45, 7) is 2.82. The second kappa shape index (κ2) is 4.94. The molecule has 1 aliphatic heterocycles. The smallest absolute Gasteiger partial charge is 0.256 e. The third-order valence-electron chi connectivity index (χ3n) is 4.58. The summed E-state index contributed by atoms with van der Waals surface area (Å²) in [6, 6.07) is 4.87. The molecule has 0 atom stereocenters. The Balaban J connectivity index is 1.80. The average Bonchev–Trinajstić information content (AvgIpc) is 3.06. The minimum Gasteiger partial charge on any atom is -0.446 e. The molecule has 0 N–H and O–H groups in total. The molecule has 0 unspecified atom stereocenters. The van der Waals surface area contributed by atoms with Gasteiger partial charge in [0.2, 0.25) is 0 Å². The lowest BCUT2D eigenvalue weighted by Gasteiger charge is -2.27. The summed E-state index contributed by atoms with van der Waals surface area (Å²) >= 11 is 0. The van der Waals surface area contributed by atoms with Crippen molar-refractivity contribution in [3.8, 4) is 0 Å². The molecule has 6 heteroatoms. The molecular weight excluding hydrogens is 297 g/mol. The summed E-state index contributed by atoms with van der Waals surface area (Å²) in [5, 5.41) is 0.673. The van der Waals surface area contributed by atoms with Crippen LogP contribution in [0.15, 0.2) is 29.0 Å². The number of rotatable bonds is 2. The monoisotopic (exact) mass is 313 g/mol. The number of aryl methyl sites for hydroxylation is 2. The summed E-state index contributed by atoms with van der Waals surface area (Å²) in [5.74, 6) is 0.302. The fourth-order valence-corrected chi connectivity index (χ4v) is 3.35. The van der Waals surface area contributed by atoms with Crippen molar-refractivity contribution < 1.29 is 13.6 Å². The number of carbonyl (C=O) groups excluding carboxylic acids is 1. The van der Waals surface area contributed by atoms with Crippen LogP contribution in [0.1, 0.15) is 27.5 Å². The van der Waals surface area contributed by atoms with Gasteiger partial charge in [-0.15, -0.1) is 0 Å². The van der Waals surface area contributed by atoms with Gasteiger partial charge in [-0.2, -0.15) is 0 Å². The fourth-order valence-electron chi connectivity index (χ4n) is 3.35. The average molecular weight is 313 g/mol. The molecule has 0 saturated carbocycles. The third-order valence-corrected chi connectivity index (χ3v) is 4.58. The van der Waals surface area contributed by atoms with Crippen LogP contribution in [0.3, 0.4) is 0 Å². The molecule has 0 bridgehead atoms. The van der Waals surface area contributed by atoms with E-state index >= 15 is 0 Å². The zero-order valence-corrected chi connectivity index (χ0v) is 13.0. The van der Waals surface area contributed by atoms with Gasteiger partial charge in [-0.05, 0) is 13.0 Å². The van der Waals surface area contributed by atoms with Gasteiger partial charge < -0.3 is 13.9 Å². The van der Waals surface area contributed by atoms with Crippen LogP contribution in [0.2, 0.25) is 0 Å². The fraction of sp³-hybridized carbons (Fsp3) is 0.294. The Labute approximate surface area is 132 Å². The minimum absolute atomic E-state index is 0.0850. The third kappa shape index (κ3) is 1.98. The molecule has 0 aliphatic carbocycles. The van der Waals surface area contributed by atoms with Gasteiger partial charge in [-0.25, -0.2) is 9.37 Å². The molecule has 2 aromatic heterocycles. The molecule has 0 radical (unpaired) electrons. The van der Waals surface area contributed by atoms with Gasteiger partial charge >= 0.3 is 0 Å². The molecule has 3 heterocycles. The van der Waals surface area contributed by atoms with Gasteiger partial charge in [0.25, 0.3) is 5.91 Å². The van der Waals surface area contributed by atoms with E-state index in [0.717, 1.165) is 11.4 Å². The standard InChI is InChI=1S/C17H16FN3O2/c1-10-14(23-9-19-10)8-21-7-6-13-15(17(21)22)11-4-3-5-12(18)16(11)20(13)2/h3-5,9H,6-8H2,1-2H3. The maximum Gasteiger partial charge on any atom is 0.256 e. The molecule has 4 rings (SSSR count). The molecular formula is C17H16FN3O2. The van der Waals surface area contributed by atoms with Crippen molar-refractivity contribution in [3.05, 3.63) is 53.1 Å². The van der Waals surface area contributed by atoms with E-state index in [0.29, 0.717) is 41.7 Å². The van der Waals surface area contributed by atoms with E-state index in [9.17, 15) is 9.18 Å². The molecule has 1 aromatic carbocycles. The van der Waals surface area contributed by atoms with E-state index in [1.807, 2.05) is 14.0 Å². The van der Waals surface area contributed by atoms with Gasteiger partial charge in [0, 0.05) is 31.1 Å². The van der Waals surface area contributed by atoms with Gasteiger partial charge in [0.15, 0.2) is 6.39 Å². The number of para-hydroxylation sites is 1. The predicted molar refractivity (Wildman–Crippen MR) is 82.6 cm³/mol. The molecule has 23 heavy (non-hydrogen) atoms. The Hall–Kier alpha value is -2.63. The first-order valence-electron chi connectivity index (χ1n) is 7.52. The maximum absolute atomic E-state index is 14.1. The van der Waals surface area contributed by atoms with E-state index in [1.165, 1.54) is 12.5 Å². The van der Waals surface area contributed by atoms with Gasteiger partial charge in [0.05, 0.1) is 23.3 Å². The predicted octanol–water partition coefficient (Wildman–Crippen LogP) is 2.81. The molecule has 5 nitrogen and oxygen atoms in total. The second-order valence-electron chi connectivity index (χ2n) is 5.85. The largest absolute Gasteiger partial charge is 0.446 e. The molecule has 0 spiro atoms. The number of oxazole rings is 1. The summed E-state index contributed by atoms with van der Waals surface area (Å²) in [4.78, 5) is 18.7. The van der Waals surface area contributed by atoms with Crippen LogP contribution in [0.4, 0.5) is 4.39 Å². The van der Waals surface area contributed by atoms with E-state index < -0.39 is 0 Å². The molecule has 0 saturated heterocycles. The molecule has 1 amide bonds. The van der Waals surface area contributed by atoms with Crippen LogP contribution in [-0.2, 0) is 20.0 Å². The summed E-state index contributed by atoms with van der Waals surface area (Å²) in [5.41, 5.74) is 2.77. The van der Waals surface area contributed by atoms with Crippen LogP contribution in [0.5, 0.6) is 0 Å².